The van der Waals surface area contributed by atoms with E-state index in [1.54, 1.807) is 6.33 Å². The highest BCUT2D eigenvalue weighted by Gasteiger charge is 2.18. The van der Waals surface area contributed by atoms with Gasteiger partial charge < -0.3 is 9.72 Å². The van der Waals surface area contributed by atoms with Gasteiger partial charge in [-0.15, -0.1) is 0 Å². The zero-order valence-electron chi connectivity index (χ0n) is 10.4. The molecule has 0 atom stereocenters. The summed E-state index contributed by atoms with van der Waals surface area (Å²) in [4.78, 5) is 11.8. The van der Waals surface area contributed by atoms with Crippen molar-refractivity contribution in [1.82, 2.24) is 15.0 Å². The van der Waals surface area contributed by atoms with Crippen molar-refractivity contribution in [2.45, 2.75) is 19.3 Å². The number of fused-ring (bicyclic) bond motifs is 2. The molecule has 2 aromatic heterocycles. The van der Waals surface area contributed by atoms with E-state index < -0.39 is 0 Å². The van der Waals surface area contributed by atoms with Gasteiger partial charge in [-0.2, -0.15) is 0 Å². The molecule has 19 heavy (non-hydrogen) atoms. The number of aromatic nitrogens is 3. The first-order valence-electron chi connectivity index (χ1n) is 6.48. The van der Waals surface area contributed by atoms with Crippen LogP contribution in [0.1, 0.15) is 17.7 Å². The Bertz CT molecular complexity index is 748. The number of rotatable bonds is 2. The first kappa shape index (κ1) is 10.6. The normalized spacial score (nSPS) is 13.7. The molecule has 0 spiro atoms. The Kier molecular flexibility index (Phi) is 2.27. The third-order valence-electron chi connectivity index (χ3n) is 3.57. The molecule has 0 saturated carbocycles. The highest BCUT2D eigenvalue weighted by molar-refractivity contribution is 5.80. The summed E-state index contributed by atoms with van der Waals surface area (Å²) < 4.78 is 5.93. The Balaban J connectivity index is 1.73. The fourth-order valence-corrected chi connectivity index (χ4v) is 2.62. The summed E-state index contributed by atoms with van der Waals surface area (Å²) in [6, 6.07) is 8.04. The van der Waals surface area contributed by atoms with E-state index in [9.17, 15) is 0 Å². The SMILES string of the molecule is c1nc2c(c(Oc3ccc4[nH]ccc4c3)n1)CCC2. The average Bonchev–Trinajstić information content (AvgIpc) is 3.06. The van der Waals surface area contributed by atoms with E-state index in [0.29, 0.717) is 5.88 Å². The van der Waals surface area contributed by atoms with E-state index in [1.165, 1.54) is 0 Å². The second kappa shape index (κ2) is 4.09. The Morgan fingerprint density at radius 1 is 1.11 bits per heavy atom. The maximum atomic E-state index is 5.93. The molecule has 1 aliphatic rings. The third kappa shape index (κ3) is 1.76. The van der Waals surface area contributed by atoms with Gasteiger partial charge in [0.15, 0.2) is 0 Å². The zero-order chi connectivity index (χ0) is 12.7. The number of ether oxygens (including phenoxy) is 1. The van der Waals surface area contributed by atoms with Crippen LogP contribution in [0.3, 0.4) is 0 Å². The van der Waals surface area contributed by atoms with Gasteiger partial charge in [0.25, 0.3) is 0 Å². The molecule has 0 bridgehead atoms. The van der Waals surface area contributed by atoms with Gasteiger partial charge in [0, 0.05) is 22.7 Å². The van der Waals surface area contributed by atoms with Crippen molar-refractivity contribution in [2.75, 3.05) is 0 Å². The van der Waals surface area contributed by atoms with Crippen LogP contribution in [0.4, 0.5) is 0 Å². The molecule has 0 saturated heterocycles. The van der Waals surface area contributed by atoms with E-state index in [1.807, 2.05) is 30.5 Å². The number of aryl methyl sites for hydroxylation is 1. The molecule has 4 nitrogen and oxygen atoms in total. The molecule has 0 fully saturated rings. The van der Waals surface area contributed by atoms with Crippen molar-refractivity contribution in [2.24, 2.45) is 0 Å². The number of aromatic amines is 1. The number of H-pyrrole nitrogens is 1. The van der Waals surface area contributed by atoms with Gasteiger partial charge >= 0.3 is 0 Å². The molecule has 1 aromatic carbocycles. The topological polar surface area (TPSA) is 50.8 Å². The highest BCUT2D eigenvalue weighted by Crippen LogP contribution is 2.31. The highest BCUT2D eigenvalue weighted by atomic mass is 16.5. The quantitative estimate of drug-likeness (QED) is 0.760. The van der Waals surface area contributed by atoms with E-state index in [4.69, 9.17) is 4.74 Å². The molecule has 1 N–H and O–H groups in total. The minimum Gasteiger partial charge on any atom is -0.439 e. The standard InChI is InChI=1S/C15H13N3O/c1-2-12-14(3-1)17-9-18-15(12)19-11-4-5-13-10(8-11)6-7-16-13/h4-9,16H,1-3H2. The van der Waals surface area contributed by atoms with E-state index in [-0.39, 0.29) is 0 Å². The van der Waals surface area contributed by atoms with Crippen LogP contribution in [-0.4, -0.2) is 15.0 Å². The molecule has 1 aliphatic carbocycles. The van der Waals surface area contributed by atoms with E-state index in [2.05, 4.69) is 15.0 Å². The largest absolute Gasteiger partial charge is 0.439 e. The molecule has 3 aromatic rings. The van der Waals surface area contributed by atoms with E-state index in [0.717, 1.165) is 47.2 Å². The Labute approximate surface area is 110 Å². The minimum atomic E-state index is 0.706. The van der Waals surface area contributed by atoms with Crippen LogP contribution in [-0.2, 0) is 12.8 Å². The summed E-state index contributed by atoms with van der Waals surface area (Å²) in [5, 5.41) is 1.14. The van der Waals surface area contributed by atoms with Crippen LogP contribution < -0.4 is 4.74 Å². The summed E-state index contributed by atoms with van der Waals surface area (Å²) in [6.07, 6.45) is 6.70. The van der Waals surface area contributed by atoms with Crippen molar-refractivity contribution in [1.29, 1.82) is 0 Å². The lowest BCUT2D eigenvalue weighted by atomic mass is 10.2. The molecule has 0 unspecified atom stereocenters. The van der Waals surface area contributed by atoms with Gasteiger partial charge in [-0.25, -0.2) is 9.97 Å². The minimum absolute atomic E-state index is 0.706. The maximum Gasteiger partial charge on any atom is 0.225 e. The summed E-state index contributed by atoms with van der Waals surface area (Å²) in [5.74, 6) is 1.53. The maximum absolute atomic E-state index is 5.93. The van der Waals surface area contributed by atoms with Crippen LogP contribution in [0, 0.1) is 0 Å². The Morgan fingerprint density at radius 3 is 3.11 bits per heavy atom. The molecular formula is C15H13N3O. The van der Waals surface area contributed by atoms with E-state index >= 15 is 0 Å². The second-order valence-corrected chi connectivity index (χ2v) is 4.79. The van der Waals surface area contributed by atoms with Gasteiger partial charge in [-0.3, -0.25) is 0 Å². The van der Waals surface area contributed by atoms with Gasteiger partial charge in [0.05, 0.1) is 5.69 Å². The monoisotopic (exact) mass is 251 g/mol. The smallest absolute Gasteiger partial charge is 0.225 e. The van der Waals surface area contributed by atoms with Crippen LogP contribution in [0.15, 0.2) is 36.8 Å². The number of nitrogens with zero attached hydrogens (tertiary/aromatic N) is 2. The summed E-state index contributed by atoms with van der Waals surface area (Å²) in [6.45, 7) is 0. The van der Waals surface area contributed by atoms with Crippen LogP contribution >= 0.6 is 0 Å². The van der Waals surface area contributed by atoms with Crippen LogP contribution in [0.25, 0.3) is 10.9 Å². The molecule has 2 heterocycles. The van der Waals surface area contributed by atoms with Crippen molar-refractivity contribution in [3.05, 3.63) is 48.0 Å². The second-order valence-electron chi connectivity index (χ2n) is 4.79. The summed E-state index contributed by atoms with van der Waals surface area (Å²) >= 11 is 0. The lowest BCUT2D eigenvalue weighted by Crippen LogP contribution is -1.96. The molecule has 4 rings (SSSR count). The van der Waals surface area contributed by atoms with Gasteiger partial charge in [0.2, 0.25) is 5.88 Å². The summed E-state index contributed by atoms with van der Waals surface area (Å²) in [7, 11) is 0. The lowest BCUT2D eigenvalue weighted by molar-refractivity contribution is 0.456. The fraction of sp³-hybridized carbons (Fsp3) is 0.200. The van der Waals surface area contributed by atoms with Gasteiger partial charge in [-0.05, 0) is 43.5 Å². The van der Waals surface area contributed by atoms with Crippen LogP contribution in [0.5, 0.6) is 11.6 Å². The molecule has 4 heteroatoms. The molecule has 0 amide bonds. The summed E-state index contributed by atoms with van der Waals surface area (Å²) in [5.41, 5.74) is 3.41. The fourth-order valence-electron chi connectivity index (χ4n) is 2.62. The average molecular weight is 251 g/mol. The first-order valence-corrected chi connectivity index (χ1v) is 6.48. The number of benzene rings is 1. The predicted octanol–water partition coefficient (Wildman–Crippen LogP) is 3.24. The Hall–Kier alpha value is -2.36. The number of nitrogens with one attached hydrogen (secondary N) is 1. The van der Waals surface area contributed by atoms with Crippen molar-refractivity contribution in [3.63, 3.8) is 0 Å². The molecular weight excluding hydrogens is 238 g/mol. The number of hydrogen-bond donors (Lipinski definition) is 1. The molecule has 0 aliphatic heterocycles. The predicted molar refractivity (Wildman–Crippen MR) is 72.4 cm³/mol. The third-order valence-corrected chi connectivity index (χ3v) is 3.57. The van der Waals surface area contributed by atoms with Crippen LogP contribution in [0.2, 0.25) is 0 Å². The zero-order valence-corrected chi connectivity index (χ0v) is 10.4. The molecule has 94 valence electrons. The van der Waals surface area contributed by atoms with Crippen molar-refractivity contribution in [3.8, 4) is 11.6 Å². The first-order chi connectivity index (χ1) is 9.40. The molecule has 0 radical (unpaired) electrons. The Morgan fingerprint density at radius 2 is 2.11 bits per heavy atom. The van der Waals surface area contributed by atoms with Gasteiger partial charge in [0.1, 0.15) is 12.1 Å². The number of hydrogen-bond acceptors (Lipinski definition) is 3. The lowest BCUT2D eigenvalue weighted by Gasteiger charge is -2.08. The van der Waals surface area contributed by atoms with Crippen molar-refractivity contribution >= 4 is 10.9 Å². The van der Waals surface area contributed by atoms with Gasteiger partial charge in [-0.1, -0.05) is 0 Å². The van der Waals surface area contributed by atoms with Crippen molar-refractivity contribution < 1.29 is 4.74 Å².